The second-order valence-electron chi connectivity index (χ2n) is 3.82. The Labute approximate surface area is 127 Å². The lowest BCUT2D eigenvalue weighted by Gasteiger charge is -2.07. The zero-order chi connectivity index (χ0) is 14.0. The van der Waals surface area contributed by atoms with Crippen LogP contribution in [0.15, 0.2) is 28.7 Å². The number of Topliss-reactive ketones (excluding diaryl/α,β-unsaturated/α-hetero) is 1. The van der Waals surface area contributed by atoms with Crippen molar-refractivity contribution in [1.29, 1.82) is 0 Å². The third kappa shape index (κ3) is 3.55. The second-order valence-corrected chi connectivity index (χ2v) is 6.37. The Bertz CT molecular complexity index is 627. The minimum Gasteiger partial charge on any atom is -0.484 e. The van der Waals surface area contributed by atoms with Gasteiger partial charge in [-0.15, -0.1) is 11.3 Å². The van der Waals surface area contributed by atoms with Gasteiger partial charge in [0.15, 0.2) is 6.61 Å². The lowest BCUT2D eigenvalue weighted by molar-refractivity contribution is 0.0925. The molecule has 0 saturated heterocycles. The number of halogens is 3. The summed E-state index contributed by atoms with van der Waals surface area (Å²) in [6.07, 6.45) is 0. The lowest BCUT2D eigenvalue weighted by atomic mass is 10.3. The summed E-state index contributed by atoms with van der Waals surface area (Å²) >= 11 is 10.2. The van der Waals surface area contributed by atoms with Gasteiger partial charge in [0, 0.05) is 10.9 Å². The van der Waals surface area contributed by atoms with Crippen LogP contribution in [0.1, 0.15) is 14.5 Å². The molecule has 0 fully saturated rings. The van der Waals surface area contributed by atoms with Crippen LogP contribution in [0.2, 0.25) is 5.02 Å². The van der Waals surface area contributed by atoms with Crippen molar-refractivity contribution in [2.75, 3.05) is 6.61 Å². The Kier molecular flexibility index (Phi) is 4.60. The molecular weight excluding hydrogens is 355 g/mol. The minimum atomic E-state index is -0.584. The van der Waals surface area contributed by atoms with E-state index in [9.17, 15) is 9.18 Å². The number of carbonyl (C=O) groups is 1. The number of rotatable bonds is 4. The summed E-state index contributed by atoms with van der Waals surface area (Å²) in [6.45, 7) is 1.78. The van der Waals surface area contributed by atoms with Crippen LogP contribution in [0.3, 0.4) is 0 Å². The normalized spacial score (nSPS) is 10.5. The molecule has 0 aliphatic heterocycles. The molecule has 19 heavy (non-hydrogen) atoms. The summed E-state index contributed by atoms with van der Waals surface area (Å²) in [5, 5.41) is -0.000525. The van der Waals surface area contributed by atoms with E-state index in [0.717, 1.165) is 10.9 Å². The fourth-order valence-electron chi connectivity index (χ4n) is 1.41. The maximum Gasteiger partial charge on any atom is 0.210 e. The minimum absolute atomic E-state index is 0.000525. The molecule has 1 aromatic heterocycles. The van der Waals surface area contributed by atoms with E-state index < -0.39 is 5.82 Å². The second kappa shape index (κ2) is 6.03. The van der Waals surface area contributed by atoms with Gasteiger partial charge in [0.05, 0.1) is 14.4 Å². The van der Waals surface area contributed by atoms with Crippen molar-refractivity contribution in [2.24, 2.45) is 0 Å². The monoisotopic (exact) mass is 362 g/mol. The van der Waals surface area contributed by atoms with Gasteiger partial charge in [-0.1, -0.05) is 11.6 Å². The first-order chi connectivity index (χ1) is 8.97. The van der Waals surface area contributed by atoms with Crippen molar-refractivity contribution in [3.63, 3.8) is 0 Å². The van der Waals surface area contributed by atoms with Crippen LogP contribution in [0.25, 0.3) is 0 Å². The van der Waals surface area contributed by atoms with E-state index in [1.807, 2.05) is 13.0 Å². The molecule has 0 saturated carbocycles. The number of hydrogen-bond acceptors (Lipinski definition) is 3. The van der Waals surface area contributed by atoms with Crippen LogP contribution in [-0.4, -0.2) is 12.4 Å². The SMILES string of the molecule is Cc1ccc(C(=O)COc2cc(F)c(Cl)cc2Br)s1. The molecule has 0 radical (unpaired) electrons. The number of carbonyl (C=O) groups excluding carboxylic acids is 1. The summed E-state index contributed by atoms with van der Waals surface area (Å²) in [4.78, 5) is 13.5. The van der Waals surface area contributed by atoms with Crippen LogP contribution in [0.5, 0.6) is 5.75 Å². The van der Waals surface area contributed by atoms with Crippen molar-refractivity contribution in [2.45, 2.75) is 6.92 Å². The number of thiophene rings is 1. The highest BCUT2D eigenvalue weighted by Gasteiger charge is 2.12. The van der Waals surface area contributed by atoms with Gasteiger partial charge in [-0.2, -0.15) is 0 Å². The Balaban J connectivity index is 2.07. The van der Waals surface area contributed by atoms with E-state index in [1.54, 1.807) is 6.07 Å². The zero-order valence-corrected chi connectivity index (χ0v) is 13.0. The number of hydrogen-bond donors (Lipinski definition) is 0. The first kappa shape index (κ1) is 14.5. The summed E-state index contributed by atoms with van der Waals surface area (Å²) in [6, 6.07) is 6.17. The summed E-state index contributed by atoms with van der Waals surface area (Å²) < 4.78 is 19.1. The van der Waals surface area contributed by atoms with Gasteiger partial charge in [0.25, 0.3) is 0 Å². The molecule has 0 N–H and O–H groups in total. The van der Waals surface area contributed by atoms with Crippen molar-refractivity contribution in [3.8, 4) is 5.75 Å². The molecule has 6 heteroatoms. The third-order valence-corrected chi connectivity index (χ3v) is 4.30. The zero-order valence-electron chi connectivity index (χ0n) is 9.88. The molecule has 0 atom stereocenters. The van der Waals surface area contributed by atoms with Gasteiger partial charge in [-0.05, 0) is 41.1 Å². The van der Waals surface area contributed by atoms with E-state index in [4.69, 9.17) is 16.3 Å². The summed E-state index contributed by atoms with van der Waals surface area (Å²) in [5.74, 6) is -0.469. The van der Waals surface area contributed by atoms with E-state index in [2.05, 4.69) is 15.9 Å². The van der Waals surface area contributed by atoms with Gasteiger partial charge in [0.2, 0.25) is 5.78 Å². The molecular formula is C13H9BrClFO2S. The standard InChI is InChI=1S/C13H9BrClFO2S/c1-7-2-3-13(19-7)11(17)6-18-12-5-10(16)9(15)4-8(12)14/h2-5H,6H2,1H3. The highest BCUT2D eigenvalue weighted by Crippen LogP contribution is 2.30. The summed E-state index contributed by atoms with van der Waals surface area (Å²) in [5.41, 5.74) is 0. The Hall–Kier alpha value is -0.910. The van der Waals surface area contributed by atoms with Crippen LogP contribution >= 0.6 is 38.9 Å². The van der Waals surface area contributed by atoms with E-state index in [0.29, 0.717) is 9.35 Å². The van der Waals surface area contributed by atoms with Crippen LogP contribution in [0, 0.1) is 12.7 Å². The van der Waals surface area contributed by atoms with Crippen molar-refractivity contribution in [1.82, 2.24) is 0 Å². The molecule has 0 unspecified atom stereocenters. The lowest BCUT2D eigenvalue weighted by Crippen LogP contribution is -2.10. The molecule has 1 aromatic carbocycles. The smallest absolute Gasteiger partial charge is 0.210 e. The van der Waals surface area contributed by atoms with Gasteiger partial charge >= 0.3 is 0 Å². The molecule has 2 nitrogen and oxygen atoms in total. The molecule has 0 spiro atoms. The van der Waals surface area contributed by atoms with E-state index in [1.165, 1.54) is 17.4 Å². The van der Waals surface area contributed by atoms with E-state index in [-0.39, 0.29) is 23.2 Å². The van der Waals surface area contributed by atoms with Crippen molar-refractivity contribution >= 4 is 44.7 Å². The Morgan fingerprint density at radius 1 is 1.47 bits per heavy atom. The van der Waals surface area contributed by atoms with Gasteiger partial charge < -0.3 is 4.74 Å². The van der Waals surface area contributed by atoms with Crippen LogP contribution < -0.4 is 4.74 Å². The van der Waals surface area contributed by atoms with Crippen LogP contribution in [0.4, 0.5) is 4.39 Å². The first-order valence-electron chi connectivity index (χ1n) is 5.34. The quantitative estimate of drug-likeness (QED) is 0.572. The molecule has 100 valence electrons. The average molecular weight is 364 g/mol. The van der Waals surface area contributed by atoms with Gasteiger partial charge in [0.1, 0.15) is 11.6 Å². The molecule has 0 aliphatic rings. The highest BCUT2D eigenvalue weighted by molar-refractivity contribution is 9.10. The number of ketones is 1. The van der Waals surface area contributed by atoms with Crippen LogP contribution in [-0.2, 0) is 0 Å². The third-order valence-electron chi connectivity index (χ3n) is 2.35. The molecule has 2 rings (SSSR count). The topological polar surface area (TPSA) is 26.3 Å². The van der Waals surface area contributed by atoms with Gasteiger partial charge in [-0.3, -0.25) is 4.79 Å². The fourth-order valence-corrected chi connectivity index (χ4v) is 2.96. The molecule has 0 amide bonds. The maximum atomic E-state index is 13.3. The van der Waals surface area contributed by atoms with Gasteiger partial charge in [-0.25, -0.2) is 4.39 Å². The predicted molar refractivity (Wildman–Crippen MR) is 78.0 cm³/mol. The van der Waals surface area contributed by atoms with Crippen molar-refractivity contribution in [3.05, 3.63) is 49.3 Å². The number of benzene rings is 1. The van der Waals surface area contributed by atoms with Crippen molar-refractivity contribution < 1.29 is 13.9 Å². The fraction of sp³-hybridized carbons (Fsp3) is 0.154. The Morgan fingerprint density at radius 2 is 2.21 bits per heavy atom. The number of ether oxygens (including phenoxy) is 1. The summed E-state index contributed by atoms with van der Waals surface area (Å²) in [7, 11) is 0. The highest BCUT2D eigenvalue weighted by atomic mass is 79.9. The molecule has 0 bridgehead atoms. The largest absolute Gasteiger partial charge is 0.484 e. The molecule has 0 aliphatic carbocycles. The predicted octanol–water partition coefficient (Wildman–Crippen LogP) is 4.87. The maximum absolute atomic E-state index is 13.3. The molecule has 1 heterocycles. The first-order valence-corrected chi connectivity index (χ1v) is 7.33. The number of aryl methyl sites for hydroxylation is 1. The Morgan fingerprint density at radius 3 is 2.84 bits per heavy atom. The van der Waals surface area contributed by atoms with E-state index >= 15 is 0 Å². The molecule has 2 aromatic rings. The average Bonchev–Trinajstić information content (AvgIpc) is 2.78.